The smallest absolute Gasteiger partial charge is 0.311 e. The lowest BCUT2D eigenvalue weighted by molar-refractivity contribution is -0.151. The zero-order chi connectivity index (χ0) is 15.5. The largest absolute Gasteiger partial charge is 0.497 e. The second kappa shape index (κ2) is 6.16. The molecular formula is C16H21NO4. The minimum absolute atomic E-state index is 0.256. The highest BCUT2D eigenvalue weighted by Crippen LogP contribution is 2.36. The molecule has 21 heavy (non-hydrogen) atoms. The van der Waals surface area contributed by atoms with E-state index in [0.717, 1.165) is 12.8 Å². The highest BCUT2D eigenvalue weighted by Gasteiger charge is 2.43. The highest BCUT2D eigenvalue weighted by molar-refractivity contribution is 5.95. The van der Waals surface area contributed by atoms with Gasteiger partial charge in [0, 0.05) is 11.6 Å². The van der Waals surface area contributed by atoms with Crippen LogP contribution in [0.25, 0.3) is 0 Å². The number of benzene rings is 1. The standard InChI is InChI=1S/C16H21NO4/c1-16(15(19)20)9-4-3-8-13(16)17-14(18)11-6-5-7-12(10-11)21-2/h5-7,10,13H,3-4,8-9H2,1-2H3,(H,17,18)(H,19,20). The van der Waals surface area contributed by atoms with Gasteiger partial charge in [-0.15, -0.1) is 0 Å². The van der Waals surface area contributed by atoms with E-state index in [9.17, 15) is 14.7 Å². The number of nitrogens with one attached hydrogen (secondary N) is 1. The van der Waals surface area contributed by atoms with Gasteiger partial charge in [0.25, 0.3) is 5.91 Å². The normalized spacial score (nSPS) is 25.1. The summed E-state index contributed by atoms with van der Waals surface area (Å²) in [6.07, 6.45) is 3.10. The van der Waals surface area contributed by atoms with Crippen LogP contribution in [0.3, 0.4) is 0 Å². The van der Waals surface area contributed by atoms with E-state index in [-0.39, 0.29) is 11.9 Å². The van der Waals surface area contributed by atoms with Crippen LogP contribution in [0.2, 0.25) is 0 Å². The number of hydrogen-bond acceptors (Lipinski definition) is 3. The van der Waals surface area contributed by atoms with Gasteiger partial charge in [0.15, 0.2) is 0 Å². The van der Waals surface area contributed by atoms with Crippen molar-refractivity contribution in [2.75, 3.05) is 7.11 Å². The molecule has 1 amide bonds. The van der Waals surface area contributed by atoms with Crippen molar-refractivity contribution in [3.63, 3.8) is 0 Å². The number of rotatable bonds is 4. The average molecular weight is 291 g/mol. The van der Waals surface area contributed by atoms with E-state index in [2.05, 4.69) is 5.32 Å². The molecule has 0 heterocycles. The Morgan fingerprint density at radius 3 is 2.81 bits per heavy atom. The third kappa shape index (κ3) is 3.17. The zero-order valence-corrected chi connectivity index (χ0v) is 12.4. The summed E-state index contributed by atoms with van der Waals surface area (Å²) >= 11 is 0. The number of carboxylic acid groups (broad SMARTS) is 1. The molecule has 5 heteroatoms. The average Bonchev–Trinajstić information content (AvgIpc) is 2.49. The SMILES string of the molecule is COc1cccc(C(=O)NC2CCCCC2(C)C(=O)O)c1. The van der Waals surface area contributed by atoms with Crippen LogP contribution in [0.15, 0.2) is 24.3 Å². The van der Waals surface area contributed by atoms with Crippen LogP contribution >= 0.6 is 0 Å². The molecule has 0 aliphatic heterocycles. The molecule has 1 fully saturated rings. The Labute approximate surface area is 124 Å². The van der Waals surface area contributed by atoms with Crippen LogP contribution in [-0.4, -0.2) is 30.1 Å². The number of carbonyl (C=O) groups excluding carboxylic acids is 1. The zero-order valence-electron chi connectivity index (χ0n) is 12.4. The van der Waals surface area contributed by atoms with Crippen molar-refractivity contribution in [2.45, 2.75) is 38.6 Å². The van der Waals surface area contributed by atoms with Crippen LogP contribution in [0.4, 0.5) is 0 Å². The van der Waals surface area contributed by atoms with Crippen LogP contribution in [0.1, 0.15) is 43.0 Å². The molecule has 0 spiro atoms. The van der Waals surface area contributed by atoms with E-state index in [4.69, 9.17) is 4.74 Å². The number of amides is 1. The van der Waals surface area contributed by atoms with Gasteiger partial charge in [-0.05, 0) is 38.0 Å². The molecule has 2 unspecified atom stereocenters. The second-order valence-corrected chi connectivity index (χ2v) is 5.73. The number of aliphatic carboxylic acids is 1. The van der Waals surface area contributed by atoms with E-state index in [1.54, 1.807) is 38.3 Å². The second-order valence-electron chi connectivity index (χ2n) is 5.73. The Hall–Kier alpha value is -2.04. The summed E-state index contributed by atoms with van der Waals surface area (Å²) in [5.41, 5.74) is -0.417. The summed E-state index contributed by atoms with van der Waals surface area (Å²) in [5.74, 6) is -0.501. The first kappa shape index (κ1) is 15.4. The van der Waals surface area contributed by atoms with Crippen LogP contribution in [0, 0.1) is 5.41 Å². The van der Waals surface area contributed by atoms with E-state index in [1.807, 2.05) is 0 Å². The fraction of sp³-hybridized carbons (Fsp3) is 0.500. The molecule has 2 atom stereocenters. The Bertz CT molecular complexity index is 543. The molecule has 1 aliphatic carbocycles. The lowest BCUT2D eigenvalue weighted by atomic mass is 9.71. The maximum Gasteiger partial charge on any atom is 0.311 e. The molecule has 114 valence electrons. The summed E-state index contributed by atoms with van der Waals surface area (Å²) in [6, 6.07) is 6.50. The first-order chi connectivity index (χ1) is 9.97. The first-order valence-corrected chi connectivity index (χ1v) is 7.15. The molecular weight excluding hydrogens is 270 g/mol. The third-order valence-corrected chi connectivity index (χ3v) is 4.33. The Balaban J connectivity index is 2.15. The Morgan fingerprint density at radius 1 is 1.38 bits per heavy atom. The van der Waals surface area contributed by atoms with E-state index < -0.39 is 11.4 Å². The lowest BCUT2D eigenvalue weighted by Crippen LogP contribution is -2.52. The lowest BCUT2D eigenvalue weighted by Gasteiger charge is -2.38. The van der Waals surface area contributed by atoms with Crippen molar-refractivity contribution in [3.8, 4) is 5.75 Å². The number of ether oxygens (including phenoxy) is 1. The van der Waals surface area contributed by atoms with Gasteiger partial charge in [0.1, 0.15) is 5.75 Å². The fourth-order valence-electron chi connectivity index (χ4n) is 2.83. The third-order valence-electron chi connectivity index (χ3n) is 4.33. The van der Waals surface area contributed by atoms with Crippen molar-refractivity contribution < 1.29 is 19.4 Å². The molecule has 0 radical (unpaired) electrons. The molecule has 1 aromatic rings. The molecule has 2 N–H and O–H groups in total. The highest BCUT2D eigenvalue weighted by atomic mass is 16.5. The quantitative estimate of drug-likeness (QED) is 0.893. The summed E-state index contributed by atoms with van der Waals surface area (Å²) in [4.78, 5) is 23.9. The summed E-state index contributed by atoms with van der Waals surface area (Å²) < 4.78 is 5.10. The van der Waals surface area contributed by atoms with Crippen molar-refractivity contribution in [1.82, 2.24) is 5.32 Å². The molecule has 0 bridgehead atoms. The van der Waals surface area contributed by atoms with E-state index in [0.29, 0.717) is 24.2 Å². The van der Waals surface area contributed by atoms with Crippen LogP contribution in [0.5, 0.6) is 5.75 Å². The molecule has 0 saturated heterocycles. The maximum absolute atomic E-state index is 12.3. The minimum Gasteiger partial charge on any atom is -0.497 e. The van der Waals surface area contributed by atoms with E-state index >= 15 is 0 Å². The molecule has 1 aromatic carbocycles. The molecule has 1 aliphatic rings. The van der Waals surface area contributed by atoms with Gasteiger partial charge < -0.3 is 15.2 Å². The number of carbonyl (C=O) groups is 2. The van der Waals surface area contributed by atoms with Crippen molar-refractivity contribution in [3.05, 3.63) is 29.8 Å². The first-order valence-electron chi connectivity index (χ1n) is 7.15. The van der Waals surface area contributed by atoms with Crippen LogP contribution in [-0.2, 0) is 4.79 Å². The van der Waals surface area contributed by atoms with Gasteiger partial charge >= 0.3 is 5.97 Å². The molecule has 1 saturated carbocycles. The Morgan fingerprint density at radius 2 is 2.14 bits per heavy atom. The van der Waals surface area contributed by atoms with Gasteiger partial charge in [0.05, 0.1) is 12.5 Å². The fourth-order valence-corrected chi connectivity index (χ4v) is 2.83. The van der Waals surface area contributed by atoms with Crippen molar-refractivity contribution >= 4 is 11.9 Å². The van der Waals surface area contributed by atoms with Crippen molar-refractivity contribution in [2.24, 2.45) is 5.41 Å². The Kier molecular flexibility index (Phi) is 4.50. The van der Waals surface area contributed by atoms with Crippen LogP contribution < -0.4 is 10.1 Å². The molecule has 2 rings (SSSR count). The van der Waals surface area contributed by atoms with Crippen molar-refractivity contribution in [1.29, 1.82) is 0 Å². The van der Waals surface area contributed by atoms with Gasteiger partial charge in [-0.1, -0.05) is 18.9 Å². The van der Waals surface area contributed by atoms with Gasteiger partial charge in [-0.25, -0.2) is 0 Å². The number of methoxy groups -OCH3 is 1. The number of hydrogen-bond donors (Lipinski definition) is 2. The van der Waals surface area contributed by atoms with Gasteiger partial charge in [-0.3, -0.25) is 9.59 Å². The van der Waals surface area contributed by atoms with Gasteiger partial charge in [0.2, 0.25) is 0 Å². The molecule has 5 nitrogen and oxygen atoms in total. The number of carboxylic acids is 1. The predicted octanol–water partition coefficient (Wildman–Crippen LogP) is 2.46. The monoisotopic (exact) mass is 291 g/mol. The van der Waals surface area contributed by atoms with E-state index in [1.165, 1.54) is 0 Å². The summed E-state index contributed by atoms with van der Waals surface area (Å²) in [7, 11) is 1.54. The summed E-state index contributed by atoms with van der Waals surface area (Å²) in [6.45, 7) is 1.71. The van der Waals surface area contributed by atoms with Gasteiger partial charge in [-0.2, -0.15) is 0 Å². The topological polar surface area (TPSA) is 75.6 Å². The predicted molar refractivity (Wildman–Crippen MR) is 78.5 cm³/mol. The molecule has 0 aromatic heterocycles. The maximum atomic E-state index is 12.3. The minimum atomic E-state index is -0.896. The summed E-state index contributed by atoms with van der Waals surface area (Å²) in [5, 5.41) is 12.3.